The van der Waals surface area contributed by atoms with Crippen molar-refractivity contribution in [2.24, 2.45) is 0 Å². The number of ether oxygens (including phenoxy) is 1. The molecule has 1 aromatic heterocycles. The van der Waals surface area contributed by atoms with Crippen molar-refractivity contribution in [2.45, 2.75) is 4.90 Å². The summed E-state index contributed by atoms with van der Waals surface area (Å²) in [5, 5.41) is 18.3. The van der Waals surface area contributed by atoms with Crippen LogP contribution in [0.2, 0.25) is 5.02 Å². The Hall–Kier alpha value is -3.68. The first-order chi connectivity index (χ1) is 14.2. The highest BCUT2D eigenvalue weighted by Gasteiger charge is 2.18. The van der Waals surface area contributed by atoms with E-state index in [2.05, 4.69) is 9.71 Å². The average molecular weight is 448 g/mol. The van der Waals surface area contributed by atoms with Crippen LogP contribution in [0, 0.1) is 17.1 Å². The number of sulfonamides is 1. The van der Waals surface area contributed by atoms with Crippen molar-refractivity contribution in [1.82, 2.24) is 4.98 Å². The maximum atomic E-state index is 12.9. The summed E-state index contributed by atoms with van der Waals surface area (Å²) in [7, 11) is -4.10. The number of anilines is 1. The van der Waals surface area contributed by atoms with Gasteiger partial charge in [0.2, 0.25) is 0 Å². The van der Waals surface area contributed by atoms with Gasteiger partial charge >= 0.3 is 5.97 Å². The van der Waals surface area contributed by atoms with Gasteiger partial charge in [-0.1, -0.05) is 11.6 Å². The molecule has 0 amide bonds. The van der Waals surface area contributed by atoms with E-state index in [-0.39, 0.29) is 38.4 Å². The minimum absolute atomic E-state index is 0.0375. The van der Waals surface area contributed by atoms with Gasteiger partial charge in [-0.25, -0.2) is 22.6 Å². The van der Waals surface area contributed by atoms with Crippen LogP contribution in [0.25, 0.3) is 0 Å². The van der Waals surface area contributed by atoms with Crippen LogP contribution < -0.4 is 9.46 Å². The third-order valence-electron chi connectivity index (χ3n) is 3.75. The number of carbonyl (C=O) groups is 1. The number of nitriles is 1. The average Bonchev–Trinajstić information content (AvgIpc) is 2.69. The van der Waals surface area contributed by atoms with Gasteiger partial charge in [-0.05, 0) is 42.5 Å². The normalized spacial score (nSPS) is 10.8. The highest BCUT2D eigenvalue weighted by atomic mass is 35.5. The fourth-order valence-electron chi connectivity index (χ4n) is 2.35. The van der Waals surface area contributed by atoms with Crippen LogP contribution in [0.15, 0.2) is 59.6 Å². The van der Waals surface area contributed by atoms with Gasteiger partial charge in [-0.3, -0.25) is 4.72 Å². The second kappa shape index (κ2) is 8.36. The summed E-state index contributed by atoms with van der Waals surface area (Å²) in [6.07, 6.45) is 0.857. The topological polar surface area (TPSA) is 129 Å². The van der Waals surface area contributed by atoms with Gasteiger partial charge in [-0.15, -0.1) is 0 Å². The minimum Gasteiger partial charge on any atom is -0.478 e. The monoisotopic (exact) mass is 447 g/mol. The van der Waals surface area contributed by atoms with Crippen molar-refractivity contribution in [3.63, 3.8) is 0 Å². The van der Waals surface area contributed by atoms with E-state index in [4.69, 9.17) is 21.4 Å². The van der Waals surface area contributed by atoms with Crippen LogP contribution in [-0.2, 0) is 10.0 Å². The maximum Gasteiger partial charge on any atom is 0.337 e. The molecule has 3 aromatic rings. The van der Waals surface area contributed by atoms with Gasteiger partial charge in [0.25, 0.3) is 10.0 Å². The first-order valence-corrected chi connectivity index (χ1v) is 9.95. The Morgan fingerprint density at radius 3 is 2.57 bits per heavy atom. The minimum atomic E-state index is -4.10. The summed E-state index contributed by atoms with van der Waals surface area (Å²) in [6.45, 7) is 0. The molecule has 0 unspecified atom stereocenters. The lowest BCUT2D eigenvalue weighted by Gasteiger charge is -2.11. The smallest absolute Gasteiger partial charge is 0.337 e. The lowest BCUT2D eigenvalue weighted by atomic mass is 10.2. The summed E-state index contributed by atoms with van der Waals surface area (Å²) in [5.41, 5.74) is -0.213. The lowest BCUT2D eigenvalue weighted by Crippen LogP contribution is -2.14. The molecule has 0 spiro atoms. The Labute approximate surface area is 175 Å². The largest absolute Gasteiger partial charge is 0.478 e. The number of benzene rings is 2. The molecule has 0 atom stereocenters. The Morgan fingerprint density at radius 2 is 1.97 bits per heavy atom. The van der Waals surface area contributed by atoms with Crippen LogP contribution >= 0.6 is 11.6 Å². The van der Waals surface area contributed by atoms with Gasteiger partial charge in [0.05, 0.1) is 27.2 Å². The number of hydrogen-bond donors (Lipinski definition) is 2. The zero-order valence-corrected chi connectivity index (χ0v) is 16.4. The number of nitrogens with one attached hydrogen (secondary N) is 1. The molecule has 0 bridgehead atoms. The molecular formula is C19H11ClFN3O5S. The molecule has 1 heterocycles. The molecule has 152 valence electrons. The number of rotatable bonds is 6. The van der Waals surface area contributed by atoms with Crippen molar-refractivity contribution in [1.29, 1.82) is 5.26 Å². The summed E-state index contributed by atoms with van der Waals surface area (Å²) in [5.74, 6) is -1.73. The molecule has 0 saturated heterocycles. The molecule has 0 fully saturated rings. The van der Waals surface area contributed by atoms with Crippen LogP contribution in [0.3, 0.4) is 0 Å². The van der Waals surface area contributed by atoms with Crippen molar-refractivity contribution in [2.75, 3.05) is 4.72 Å². The third-order valence-corrected chi connectivity index (χ3v) is 5.41. The van der Waals surface area contributed by atoms with E-state index in [1.807, 2.05) is 6.07 Å². The number of hydrogen-bond acceptors (Lipinski definition) is 6. The Bertz CT molecular complexity index is 1270. The lowest BCUT2D eigenvalue weighted by molar-refractivity contribution is 0.0697. The summed E-state index contributed by atoms with van der Waals surface area (Å²) in [6, 6.07) is 11.4. The molecular weight excluding hydrogens is 437 g/mol. The standard InChI is InChI=1S/C19H11ClFN3O5S/c20-16-8-13(2-4-15(16)19(25)26)29-17-5-3-14(7-11(17)9-22)30(27,28)24-18-6-1-12(21)10-23-18/h1-8,10H,(H,23,24)(H,25,26). The molecule has 2 aromatic carbocycles. The highest BCUT2D eigenvalue weighted by Crippen LogP contribution is 2.30. The van der Waals surface area contributed by atoms with Crippen LogP contribution in [0.5, 0.6) is 11.5 Å². The summed E-state index contributed by atoms with van der Waals surface area (Å²) >= 11 is 5.89. The summed E-state index contributed by atoms with van der Waals surface area (Å²) in [4.78, 5) is 14.4. The SMILES string of the molecule is N#Cc1cc(S(=O)(=O)Nc2ccc(F)cn2)ccc1Oc1ccc(C(=O)O)c(Cl)c1. The molecule has 8 nitrogen and oxygen atoms in total. The molecule has 0 aliphatic carbocycles. The second-order valence-corrected chi connectivity index (χ2v) is 7.88. The van der Waals surface area contributed by atoms with Gasteiger partial charge < -0.3 is 9.84 Å². The number of pyridine rings is 1. The van der Waals surface area contributed by atoms with Gasteiger partial charge in [-0.2, -0.15) is 5.26 Å². The molecule has 0 aliphatic rings. The molecule has 0 radical (unpaired) electrons. The van der Waals surface area contributed by atoms with Crippen LogP contribution in [0.4, 0.5) is 10.2 Å². The van der Waals surface area contributed by atoms with Crippen molar-refractivity contribution in [3.05, 3.63) is 76.7 Å². The number of aromatic nitrogens is 1. The maximum absolute atomic E-state index is 12.9. The third kappa shape index (κ3) is 4.65. The fraction of sp³-hybridized carbons (Fsp3) is 0. The first-order valence-electron chi connectivity index (χ1n) is 8.09. The van der Waals surface area contributed by atoms with E-state index in [1.54, 1.807) is 0 Å². The molecule has 0 aliphatic heterocycles. The predicted molar refractivity (Wildman–Crippen MR) is 105 cm³/mol. The Balaban J connectivity index is 1.88. The molecule has 30 heavy (non-hydrogen) atoms. The van der Waals surface area contributed by atoms with Crippen molar-refractivity contribution in [3.8, 4) is 17.6 Å². The Morgan fingerprint density at radius 1 is 1.20 bits per heavy atom. The number of halogens is 2. The number of aromatic carboxylic acids is 1. The number of carboxylic acids is 1. The first kappa shape index (κ1) is 21.0. The number of carboxylic acid groups (broad SMARTS) is 1. The highest BCUT2D eigenvalue weighted by molar-refractivity contribution is 7.92. The number of nitrogens with zero attached hydrogens (tertiary/aromatic N) is 2. The van der Waals surface area contributed by atoms with Crippen LogP contribution in [-0.4, -0.2) is 24.5 Å². The van der Waals surface area contributed by atoms with E-state index >= 15 is 0 Å². The van der Waals surface area contributed by atoms with Gasteiger partial charge in [0.1, 0.15) is 29.2 Å². The van der Waals surface area contributed by atoms with E-state index in [9.17, 15) is 22.9 Å². The van der Waals surface area contributed by atoms with Crippen LogP contribution in [0.1, 0.15) is 15.9 Å². The van der Waals surface area contributed by atoms with E-state index in [0.717, 1.165) is 24.4 Å². The van der Waals surface area contributed by atoms with Gasteiger partial charge in [0.15, 0.2) is 0 Å². The molecule has 11 heteroatoms. The molecule has 2 N–H and O–H groups in total. The van der Waals surface area contributed by atoms with E-state index in [1.165, 1.54) is 30.3 Å². The van der Waals surface area contributed by atoms with Gasteiger partial charge in [0, 0.05) is 6.07 Å². The van der Waals surface area contributed by atoms with E-state index < -0.39 is 21.8 Å². The van der Waals surface area contributed by atoms with Crippen molar-refractivity contribution < 1.29 is 27.4 Å². The zero-order chi connectivity index (χ0) is 21.9. The zero-order valence-electron chi connectivity index (χ0n) is 14.8. The quantitative estimate of drug-likeness (QED) is 0.583. The van der Waals surface area contributed by atoms with E-state index in [0.29, 0.717) is 0 Å². The van der Waals surface area contributed by atoms with Crippen molar-refractivity contribution >= 4 is 33.4 Å². The Kier molecular flexibility index (Phi) is 5.86. The fourth-order valence-corrected chi connectivity index (χ4v) is 3.63. The molecule has 0 saturated carbocycles. The second-order valence-electron chi connectivity index (χ2n) is 5.79. The summed E-state index contributed by atoms with van der Waals surface area (Å²) < 4.78 is 45.7. The predicted octanol–water partition coefficient (Wildman–Crippen LogP) is 4.04. The molecule has 3 rings (SSSR count).